The summed E-state index contributed by atoms with van der Waals surface area (Å²) < 4.78 is 0. The number of H-pyrrole nitrogens is 1. The molecule has 10 rings (SSSR count). The first kappa shape index (κ1) is 65.3. The maximum absolute atomic E-state index is 8.96. The number of nitrogens with two attached hydrogens (primary N) is 1. The van der Waals surface area contributed by atoms with Gasteiger partial charge in [0.25, 0.3) is 0 Å². The maximum Gasteiger partial charge on any atom is 0.488 e. The highest BCUT2D eigenvalue weighted by molar-refractivity contribution is 9.09. The van der Waals surface area contributed by atoms with E-state index in [1.165, 1.54) is 21.5 Å². The van der Waals surface area contributed by atoms with Crippen molar-refractivity contribution in [3.8, 4) is 22.8 Å². The fourth-order valence-electron chi connectivity index (χ4n) is 7.70. The second kappa shape index (κ2) is 36.7. The number of aliphatic hydroxyl groups excluding tert-OH is 2. The third kappa shape index (κ3) is 21.7. The summed E-state index contributed by atoms with van der Waals surface area (Å²) in [5, 5.41) is 71.7. The molecule has 10 N–H and O–H groups in total. The number of tetrazole rings is 2. The van der Waals surface area contributed by atoms with E-state index in [2.05, 4.69) is 141 Å². The zero-order valence-electron chi connectivity index (χ0n) is 47.5. The number of nitrogen functional groups attached to an aromatic ring is 1. The molecule has 2 heterocycles. The van der Waals surface area contributed by atoms with Gasteiger partial charge >= 0.3 is 7.12 Å². The summed E-state index contributed by atoms with van der Waals surface area (Å²) in [5.41, 5.74) is 20.3. The Morgan fingerprint density at radius 3 is 1.42 bits per heavy atom. The second-order valence-electron chi connectivity index (χ2n) is 18.0. The topological polar surface area (TPSA) is 250 Å². The number of nitrogens with one attached hydrogen (secondary N) is 4. The van der Waals surface area contributed by atoms with Crippen molar-refractivity contribution in [1.29, 1.82) is 0 Å². The Kier molecular flexibility index (Phi) is 28.6. The minimum atomic E-state index is -1.35. The number of aromatic nitrogens is 8. The quantitative estimate of drug-likeness (QED) is 0.0189. The van der Waals surface area contributed by atoms with Gasteiger partial charge in [-0.3, -0.25) is 0 Å². The van der Waals surface area contributed by atoms with Crippen molar-refractivity contribution in [1.82, 2.24) is 40.8 Å². The van der Waals surface area contributed by atoms with Gasteiger partial charge in [0.2, 0.25) is 23.0 Å². The molecule has 0 unspecified atom stereocenters. The summed E-state index contributed by atoms with van der Waals surface area (Å²) in [6, 6.07) is 62.6. The molecule has 0 amide bonds. The predicted molar refractivity (Wildman–Crippen MR) is 344 cm³/mol. The van der Waals surface area contributed by atoms with E-state index in [1.807, 2.05) is 128 Å². The van der Waals surface area contributed by atoms with Crippen LogP contribution in [0.4, 0.5) is 51.2 Å². The van der Waals surface area contributed by atoms with Gasteiger partial charge in [0.1, 0.15) is 0 Å². The number of nitrogens with zero attached hydrogens (tertiary/aromatic N) is 9. The average Bonchev–Trinajstić information content (AvgIpc) is 4.46. The molecule has 8 aromatic carbocycles. The standard InChI is InChI=1S/C17H19N5O.C15H15N5.C15H14N2.C8H11BO2.C7H6N2.C2H5BrO/c1-2-13-6-5-7-14(12-13)18-16-9-4-3-8-15(16)17-19-21-22(20-17)10-11-23;1-2-11-6-5-7-12(10-11)16-14-9-4-3-8-13(14)15-17-19-20-18-15;1-3-12-7-6-8-13(11-12)17-15-10-5-4-9-14(15)16-2;1-2-7-4-3-5-8(6-7)9(10)11;1-9-7-5-3-2-4-6(7)8;3-1-2-4/h3-9,12,18,23H,2,10-11H2,1H3;3-10,16H,2H2,1H3,(H,17,18,19,20);4-11,17H,3H2,1H3;3-6,10-11H,2H2,1H3;2-5H,8H2;4H,1-2H2. The highest BCUT2D eigenvalue weighted by Crippen LogP contribution is 2.31. The molecule has 10 aromatic rings. The molecular formula is C64H70BBrN14O4. The van der Waals surface area contributed by atoms with Gasteiger partial charge in [-0.25, -0.2) is 9.69 Å². The molecule has 84 heavy (non-hydrogen) atoms. The van der Waals surface area contributed by atoms with E-state index in [4.69, 9.17) is 39.1 Å². The number of aryl methyl sites for hydroxylation is 4. The molecule has 0 saturated heterocycles. The van der Waals surface area contributed by atoms with Crippen LogP contribution in [-0.4, -0.2) is 86.8 Å². The predicted octanol–water partition coefficient (Wildman–Crippen LogP) is 12.5. The van der Waals surface area contributed by atoms with Crippen molar-refractivity contribution >= 4 is 79.7 Å². The summed E-state index contributed by atoms with van der Waals surface area (Å²) in [6.07, 6.45) is 3.94. The van der Waals surface area contributed by atoms with Crippen LogP contribution in [0, 0.1) is 13.1 Å². The highest BCUT2D eigenvalue weighted by Gasteiger charge is 2.13. The van der Waals surface area contributed by atoms with Crippen LogP contribution in [-0.2, 0) is 32.2 Å². The summed E-state index contributed by atoms with van der Waals surface area (Å²) >= 11 is 3.00. The number of rotatable bonds is 16. The van der Waals surface area contributed by atoms with Gasteiger partial charge in [0.05, 0.1) is 32.9 Å². The Hall–Kier alpha value is -9.54. The smallest absolute Gasteiger partial charge is 0.423 e. The van der Waals surface area contributed by atoms with Gasteiger partial charge in [-0.1, -0.05) is 171 Å². The second-order valence-corrected chi connectivity index (χ2v) is 18.8. The van der Waals surface area contributed by atoms with E-state index < -0.39 is 7.12 Å². The Bertz CT molecular complexity index is 3610. The maximum atomic E-state index is 8.96. The minimum Gasteiger partial charge on any atom is -0.423 e. The zero-order chi connectivity index (χ0) is 60.3. The molecule has 0 spiro atoms. The Balaban J connectivity index is 0.000000195. The zero-order valence-corrected chi connectivity index (χ0v) is 49.1. The first-order chi connectivity index (χ1) is 41.0. The minimum absolute atomic E-state index is 0.0144. The number of anilines is 7. The lowest BCUT2D eigenvalue weighted by Crippen LogP contribution is -2.29. The first-order valence-electron chi connectivity index (χ1n) is 27.2. The number of aromatic amines is 1. The van der Waals surface area contributed by atoms with Crippen molar-refractivity contribution in [2.45, 2.75) is 59.9 Å². The van der Waals surface area contributed by atoms with Crippen LogP contribution < -0.4 is 27.1 Å². The Morgan fingerprint density at radius 2 is 0.976 bits per heavy atom. The van der Waals surface area contributed by atoms with Crippen molar-refractivity contribution in [3.05, 3.63) is 239 Å². The molecule has 18 nitrogen and oxygen atoms in total. The van der Waals surface area contributed by atoms with Crippen LogP contribution in [0.3, 0.4) is 0 Å². The Morgan fingerprint density at radius 1 is 0.536 bits per heavy atom. The van der Waals surface area contributed by atoms with E-state index in [-0.39, 0.29) is 13.2 Å². The molecule has 0 saturated carbocycles. The van der Waals surface area contributed by atoms with Gasteiger partial charge in [-0.2, -0.15) is 10.0 Å². The van der Waals surface area contributed by atoms with Gasteiger partial charge in [-0.15, -0.1) is 20.4 Å². The van der Waals surface area contributed by atoms with Crippen molar-refractivity contribution in [3.63, 3.8) is 0 Å². The van der Waals surface area contributed by atoms with Gasteiger partial charge in [0.15, 0.2) is 0 Å². The third-order valence-corrected chi connectivity index (χ3v) is 12.5. The molecular weight excluding hydrogens is 1120 g/mol. The number of hydrogen-bond acceptors (Lipinski definition) is 14. The van der Waals surface area contributed by atoms with Crippen LogP contribution in [0.25, 0.3) is 32.5 Å². The molecule has 430 valence electrons. The average molecular weight is 1190 g/mol. The van der Waals surface area contributed by atoms with Gasteiger partial charge in [0, 0.05) is 56.3 Å². The molecule has 20 heteroatoms. The third-order valence-electron chi connectivity index (χ3n) is 12.1. The number of halogens is 1. The van der Waals surface area contributed by atoms with Crippen molar-refractivity contribution in [2.75, 3.05) is 40.2 Å². The van der Waals surface area contributed by atoms with Crippen molar-refractivity contribution in [2.24, 2.45) is 0 Å². The Labute approximate surface area is 500 Å². The van der Waals surface area contributed by atoms with Crippen molar-refractivity contribution < 1.29 is 20.3 Å². The SMILES string of the molecule is CCc1cccc(B(O)O)c1.CCc1cccc(Nc2ccccc2-c2nn[nH]n2)c1.CCc1cccc(Nc2ccccc2-c2nnn(CCO)n2)c1.OCCBr.[C-]#[N+]c1ccccc1N.[C-]#[N+]c1ccccc1Nc1cccc(CC)c1. The summed E-state index contributed by atoms with van der Waals surface area (Å²) in [7, 11) is -1.35. The van der Waals surface area contributed by atoms with E-state index in [9.17, 15) is 0 Å². The number of aliphatic hydroxyl groups is 2. The lowest BCUT2D eigenvalue weighted by atomic mass is 9.79. The summed E-state index contributed by atoms with van der Waals surface area (Å²) in [4.78, 5) is 8.08. The van der Waals surface area contributed by atoms with Crippen LogP contribution >= 0.6 is 15.9 Å². The fourth-order valence-corrected chi connectivity index (χ4v) is 7.70. The van der Waals surface area contributed by atoms with Crippen LogP contribution in [0.15, 0.2) is 194 Å². The summed E-state index contributed by atoms with van der Waals surface area (Å²) in [6.45, 7) is 22.7. The largest absolute Gasteiger partial charge is 0.488 e. The number of para-hydroxylation sites is 6. The molecule has 0 aliphatic heterocycles. The fraction of sp³-hybridized carbons (Fsp3) is 0.188. The van der Waals surface area contributed by atoms with E-state index in [1.54, 1.807) is 30.3 Å². The van der Waals surface area contributed by atoms with E-state index in [0.717, 1.165) is 76.5 Å². The molecule has 0 aliphatic rings. The molecule has 0 fully saturated rings. The molecule has 0 atom stereocenters. The number of alkyl halides is 1. The molecule has 0 radical (unpaired) electrons. The van der Waals surface area contributed by atoms with Crippen LogP contribution in [0.1, 0.15) is 49.9 Å². The van der Waals surface area contributed by atoms with E-state index >= 15 is 0 Å². The van der Waals surface area contributed by atoms with E-state index in [0.29, 0.717) is 46.0 Å². The monoisotopic (exact) mass is 1190 g/mol. The number of benzene rings is 8. The van der Waals surface area contributed by atoms with Crippen LogP contribution in [0.5, 0.6) is 0 Å². The normalized spacial score (nSPS) is 9.89. The number of hydrogen-bond donors (Lipinski definition) is 9. The van der Waals surface area contributed by atoms with Crippen LogP contribution in [0.2, 0.25) is 0 Å². The first-order valence-corrected chi connectivity index (χ1v) is 28.3. The summed E-state index contributed by atoms with van der Waals surface area (Å²) in [5.74, 6) is 1.12. The van der Waals surface area contributed by atoms with Gasteiger partial charge in [-0.05, 0) is 131 Å². The lowest BCUT2D eigenvalue weighted by Gasteiger charge is -2.10. The lowest BCUT2D eigenvalue weighted by molar-refractivity contribution is 0.259. The highest BCUT2D eigenvalue weighted by atomic mass is 79.9. The molecule has 0 aliphatic carbocycles. The molecule has 0 bridgehead atoms. The van der Waals surface area contributed by atoms with Gasteiger partial charge < -0.3 is 41.9 Å². The molecule has 2 aromatic heterocycles.